The molecule has 1 amide bonds. The Bertz CT molecular complexity index is 1630. The molecule has 0 spiro atoms. The summed E-state index contributed by atoms with van der Waals surface area (Å²) in [5.74, 6) is 0.701. The molecule has 0 saturated carbocycles. The maximum Gasteiger partial charge on any atom is 0.278 e. The largest absolute Gasteiger partial charge is 0.337 e. The molecule has 0 radical (unpaired) electrons. The van der Waals surface area contributed by atoms with Crippen molar-refractivity contribution < 1.29 is 9.32 Å². The van der Waals surface area contributed by atoms with E-state index in [0.717, 1.165) is 16.5 Å². The molecule has 5 rings (SSSR count). The molecule has 2 aromatic carbocycles. The molecular weight excluding hydrogens is 468 g/mol. The van der Waals surface area contributed by atoms with Crippen molar-refractivity contribution in [2.75, 3.05) is 5.32 Å². The Kier molecular flexibility index (Phi) is 5.86. The highest BCUT2D eigenvalue weighted by molar-refractivity contribution is 6.30. The Morgan fingerprint density at radius 3 is 2.77 bits per heavy atom. The monoisotopic (exact) mass is 490 g/mol. The molecule has 0 aliphatic heterocycles. The van der Waals surface area contributed by atoms with Crippen molar-refractivity contribution in [3.05, 3.63) is 81.4 Å². The van der Waals surface area contributed by atoms with Gasteiger partial charge in [-0.3, -0.25) is 14.2 Å². The van der Waals surface area contributed by atoms with Crippen LogP contribution >= 0.6 is 11.6 Å². The zero-order valence-electron chi connectivity index (χ0n) is 19.4. The zero-order chi connectivity index (χ0) is 24.7. The average molecular weight is 491 g/mol. The van der Waals surface area contributed by atoms with Crippen molar-refractivity contribution in [2.45, 2.75) is 39.8 Å². The van der Waals surface area contributed by atoms with Crippen molar-refractivity contribution >= 4 is 45.1 Å². The highest BCUT2D eigenvalue weighted by Gasteiger charge is 2.20. The van der Waals surface area contributed by atoms with Crippen LogP contribution in [0.1, 0.15) is 37.0 Å². The first-order valence-corrected chi connectivity index (χ1v) is 11.5. The van der Waals surface area contributed by atoms with Crippen LogP contribution in [-0.4, -0.2) is 30.2 Å². The smallest absolute Gasteiger partial charge is 0.278 e. The quantitative estimate of drug-likeness (QED) is 0.375. The van der Waals surface area contributed by atoms with Crippen molar-refractivity contribution in [1.29, 1.82) is 0 Å². The summed E-state index contributed by atoms with van der Waals surface area (Å²) in [6, 6.07) is 12.7. The standard InChI is InChI=1S/C25H23ClN6O3/c1-14(2)24-29-21(35-30-24)12-31-13-27-22-18-9-15(3)7-8-19(18)32(23(22)25(31)34)11-20(33)28-17-6-4-5-16(26)10-17/h4-10,13-14H,11-12H2,1-3H3,(H,28,33). The number of amides is 1. The molecule has 9 nitrogen and oxygen atoms in total. The van der Waals surface area contributed by atoms with Crippen LogP contribution in [0.5, 0.6) is 0 Å². The number of benzene rings is 2. The number of hydrogen-bond acceptors (Lipinski definition) is 6. The van der Waals surface area contributed by atoms with Gasteiger partial charge >= 0.3 is 0 Å². The van der Waals surface area contributed by atoms with E-state index in [9.17, 15) is 9.59 Å². The van der Waals surface area contributed by atoms with E-state index < -0.39 is 0 Å². The molecule has 5 aromatic rings. The van der Waals surface area contributed by atoms with Gasteiger partial charge in [-0.1, -0.05) is 48.3 Å². The fourth-order valence-corrected chi connectivity index (χ4v) is 4.20. The number of aryl methyl sites for hydroxylation is 1. The third-order valence-corrected chi connectivity index (χ3v) is 5.93. The maximum absolute atomic E-state index is 13.6. The van der Waals surface area contributed by atoms with Crippen molar-refractivity contribution in [3.8, 4) is 0 Å². The van der Waals surface area contributed by atoms with Gasteiger partial charge in [0.25, 0.3) is 5.56 Å². The van der Waals surface area contributed by atoms with Gasteiger partial charge in [-0.05, 0) is 37.3 Å². The molecule has 0 aliphatic rings. The summed E-state index contributed by atoms with van der Waals surface area (Å²) >= 11 is 6.04. The van der Waals surface area contributed by atoms with Crippen LogP contribution in [0.3, 0.4) is 0 Å². The van der Waals surface area contributed by atoms with E-state index in [-0.39, 0.29) is 30.5 Å². The lowest BCUT2D eigenvalue weighted by molar-refractivity contribution is -0.116. The predicted octanol–water partition coefficient (Wildman–Crippen LogP) is 4.51. The number of rotatable bonds is 6. The van der Waals surface area contributed by atoms with E-state index in [2.05, 4.69) is 20.4 Å². The Morgan fingerprint density at radius 2 is 2.03 bits per heavy atom. The van der Waals surface area contributed by atoms with Gasteiger partial charge < -0.3 is 14.4 Å². The van der Waals surface area contributed by atoms with E-state index in [1.54, 1.807) is 28.8 Å². The third kappa shape index (κ3) is 4.42. The minimum atomic E-state index is -0.302. The number of aromatic nitrogens is 5. The van der Waals surface area contributed by atoms with Crippen LogP contribution in [0.25, 0.3) is 21.9 Å². The Morgan fingerprint density at radius 1 is 1.20 bits per heavy atom. The van der Waals surface area contributed by atoms with Crippen LogP contribution in [0.2, 0.25) is 5.02 Å². The summed E-state index contributed by atoms with van der Waals surface area (Å²) in [6.07, 6.45) is 1.47. The van der Waals surface area contributed by atoms with E-state index in [0.29, 0.717) is 33.5 Å². The number of nitrogens with zero attached hydrogens (tertiary/aromatic N) is 5. The first-order chi connectivity index (χ1) is 16.8. The number of carbonyl (C=O) groups excluding carboxylic acids is 1. The lowest BCUT2D eigenvalue weighted by atomic mass is 10.1. The van der Waals surface area contributed by atoms with Gasteiger partial charge in [-0.2, -0.15) is 4.98 Å². The molecule has 35 heavy (non-hydrogen) atoms. The van der Waals surface area contributed by atoms with Crippen LogP contribution in [0, 0.1) is 6.92 Å². The highest BCUT2D eigenvalue weighted by Crippen LogP contribution is 2.27. The number of hydrogen-bond donors (Lipinski definition) is 1. The fraction of sp³-hybridized carbons (Fsp3) is 0.240. The minimum absolute atomic E-state index is 0.0748. The zero-order valence-corrected chi connectivity index (χ0v) is 20.2. The van der Waals surface area contributed by atoms with Crippen LogP contribution < -0.4 is 10.9 Å². The van der Waals surface area contributed by atoms with Crippen LogP contribution in [0.4, 0.5) is 5.69 Å². The molecule has 0 bridgehead atoms. The van der Waals surface area contributed by atoms with E-state index in [1.165, 1.54) is 10.9 Å². The normalized spacial score (nSPS) is 11.6. The Balaban J connectivity index is 1.58. The molecule has 0 saturated heterocycles. The highest BCUT2D eigenvalue weighted by atomic mass is 35.5. The first-order valence-electron chi connectivity index (χ1n) is 11.2. The second kappa shape index (κ2) is 8.99. The van der Waals surface area contributed by atoms with E-state index in [4.69, 9.17) is 16.1 Å². The predicted molar refractivity (Wildman–Crippen MR) is 134 cm³/mol. The molecule has 178 valence electrons. The molecule has 0 atom stereocenters. The maximum atomic E-state index is 13.6. The summed E-state index contributed by atoms with van der Waals surface area (Å²) in [5.41, 5.74) is 2.91. The lowest BCUT2D eigenvalue weighted by Gasteiger charge is -2.09. The van der Waals surface area contributed by atoms with E-state index in [1.807, 2.05) is 39.0 Å². The molecule has 3 aromatic heterocycles. The summed E-state index contributed by atoms with van der Waals surface area (Å²) in [7, 11) is 0. The number of fused-ring (bicyclic) bond motifs is 3. The second-order valence-electron chi connectivity index (χ2n) is 8.74. The molecule has 0 aliphatic carbocycles. The number of carbonyl (C=O) groups is 1. The van der Waals surface area contributed by atoms with Gasteiger partial charge in [-0.25, -0.2) is 4.98 Å². The first kappa shape index (κ1) is 22.8. The van der Waals surface area contributed by atoms with Crippen molar-refractivity contribution in [2.24, 2.45) is 0 Å². The minimum Gasteiger partial charge on any atom is -0.337 e. The number of anilines is 1. The van der Waals surface area contributed by atoms with Gasteiger partial charge in [0, 0.05) is 22.0 Å². The van der Waals surface area contributed by atoms with Crippen molar-refractivity contribution in [1.82, 2.24) is 24.3 Å². The molecule has 0 fully saturated rings. The lowest BCUT2D eigenvalue weighted by Crippen LogP contribution is -2.25. The Labute approximate surface area is 205 Å². The summed E-state index contributed by atoms with van der Waals surface area (Å²) in [4.78, 5) is 35.5. The molecule has 1 N–H and O–H groups in total. The molecule has 3 heterocycles. The second-order valence-corrected chi connectivity index (χ2v) is 9.18. The van der Waals surface area contributed by atoms with Gasteiger partial charge in [0.1, 0.15) is 24.1 Å². The summed E-state index contributed by atoms with van der Waals surface area (Å²) < 4.78 is 8.42. The topological polar surface area (TPSA) is 108 Å². The summed E-state index contributed by atoms with van der Waals surface area (Å²) in [5, 5.41) is 8.13. The van der Waals surface area contributed by atoms with Gasteiger partial charge in [0.15, 0.2) is 5.82 Å². The van der Waals surface area contributed by atoms with Crippen molar-refractivity contribution in [3.63, 3.8) is 0 Å². The molecular formula is C25H23ClN6O3. The molecule has 10 heteroatoms. The number of nitrogens with one attached hydrogen (secondary N) is 1. The number of halogens is 1. The van der Waals surface area contributed by atoms with Crippen LogP contribution in [0.15, 0.2) is 58.1 Å². The van der Waals surface area contributed by atoms with E-state index >= 15 is 0 Å². The van der Waals surface area contributed by atoms with Gasteiger partial charge in [-0.15, -0.1) is 0 Å². The Hall–Kier alpha value is -3.98. The van der Waals surface area contributed by atoms with Gasteiger partial charge in [0.2, 0.25) is 11.8 Å². The third-order valence-electron chi connectivity index (χ3n) is 5.70. The SMILES string of the molecule is Cc1ccc2c(c1)c1ncn(Cc3nc(C(C)C)no3)c(=O)c1n2CC(=O)Nc1cccc(Cl)c1. The average Bonchev–Trinajstić information content (AvgIpc) is 3.39. The fourth-order valence-electron chi connectivity index (χ4n) is 4.01. The molecule has 0 unspecified atom stereocenters. The summed E-state index contributed by atoms with van der Waals surface area (Å²) in [6.45, 7) is 5.90. The van der Waals surface area contributed by atoms with Crippen LogP contribution in [-0.2, 0) is 17.9 Å². The van der Waals surface area contributed by atoms with Gasteiger partial charge in [0.05, 0.1) is 11.8 Å².